The summed E-state index contributed by atoms with van der Waals surface area (Å²) in [6.45, 7) is 5.02. The van der Waals surface area contributed by atoms with E-state index < -0.39 is 5.97 Å². The third kappa shape index (κ3) is 5.05. The summed E-state index contributed by atoms with van der Waals surface area (Å²) in [5.41, 5.74) is 0.370. The first kappa shape index (κ1) is 11.7. The molecule has 58 valence electrons. The molecular formula is C7H13NO2. The molecule has 0 saturated heterocycles. The Kier molecular flexibility index (Phi) is 7.05. The summed E-state index contributed by atoms with van der Waals surface area (Å²) in [6.07, 6.45) is 3.90. The highest BCUT2D eigenvalue weighted by Gasteiger charge is 1.95. The molecule has 0 unspecified atom stereocenters. The van der Waals surface area contributed by atoms with Crippen molar-refractivity contribution in [2.24, 2.45) is 0 Å². The van der Waals surface area contributed by atoms with Gasteiger partial charge in [-0.1, -0.05) is 12.2 Å². The van der Waals surface area contributed by atoms with E-state index in [9.17, 15) is 4.79 Å². The minimum absolute atomic E-state index is 0. The van der Waals surface area contributed by atoms with Crippen LogP contribution in [0.1, 0.15) is 13.3 Å². The summed E-state index contributed by atoms with van der Waals surface area (Å²) < 4.78 is 0. The van der Waals surface area contributed by atoms with Crippen molar-refractivity contribution in [3.05, 3.63) is 24.3 Å². The van der Waals surface area contributed by atoms with Crippen LogP contribution in [-0.2, 0) is 4.79 Å². The quantitative estimate of drug-likeness (QED) is 0.467. The van der Waals surface area contributed by atoms with Gasteiger partial charge in [0.2, 0.25) is 0 Å². The summed E-state index contributed by atoms with van der Waals surface area (Å²) in [7, 11) is 0. The third-order valence-corrected chi connectivity index (χ3v) is 0.928. The van der Waals surface area contributed by atoms with Gasteiger partial charge < -0.3 is 11.3 Å². The normalized spacial score (nSPS) is 9.90. The van der Waals surface area contributed by atoms with E-state index in [1.807, 2.05) is 0 Å². The SMILES string of the molecule is C=CCC=C(C)C(=O)O.N. The lowest BCUT2D eigenvalue weighted by molar-refractivity contribution is -0.132. The lowest BCUT2D eigenvalue weighted by Gasteiger charge is -1.87. The zero-order valence-corrected chi connectivity index (χ0v) is 6.13. The summed E-state index contributed by atoms with van der Waals surface area (Å²) >= 11 is 0. The van der Waals surface area contributed by atoms with Crippen LogP contribution in [0.5, 0.6) is 0 Å². The van der Waals surface area contributed by atoms with Crippen LogP contribution in [0.15, 0.2) is 24.3 Å². The molecule has 3 nitrogen and oxygen atoms in total. The fraction of sp³-hybridized carbons (Fsp3) is 0.286. The zero-order valence-electron chi connectivity index (χ0n) is 6.13. The van der Waals surface area contributed by atoms with Gasteiger partial charge in [-0.2, -0.15) is 0 Å². The Bertz CT molecular complexity index is 150. The average Bonchev–Trinajstić information content (AvgIpc) is 1.82. The van der Waals surface area contributed by atoms with Crippen molar-refractivity contribution < 1.29 is 9.90 Å². The number of carboxylic acids is 1. The first-order valence-corrected chi connectivity index (χ1v) is 2.69. The van der Waals surface area contributed by atoms with Crippen LogP contribution < -0.4 is 6.15 Å². The fourth-order valence-corrected chi connectivity index (χ4v) is 0.347. The Labute approximate surface area is 60.6 Å². The predicted molar refractivity (Wildman–Crippen MR) is 41.2 cm³/mol. The average molecular weight is 143 g/mol. The second-order valence-electron chi connectivity index (χ2n) is 1.72. The molecule has 0 amide bonds. The van der Waals surface area contributed by atoms with Crippen LogP contribution in [0.2, 0.25) is 0 Å². The minimum Gasteiger partial charge on any atom is -0.478 e. The van der Waals surface area contributed by atoms with E-state index in [1.165, 1.54) is 0 Å². The Balaban J connectivity index is 0. The maximum atomic E-state index is 10.1. The molecule has 0 fully saturated rings. The van der Waals surface area contributed by atoms with Gasteiger partial charge in [0.05, 0.1) is 0 Å². The van der Waals surface area contributed by atoms with Gasteiger partial charge in [-0.25, -0.2) is 4.79 Å². The van der Waals surface area contributed by atoms with E-state index in [1.54, 1.807) is 19.1 Å². The summed E-state index contributed by atoms with van der Waals surface area (Å²) in [5.74, 6) is -0.864. The van der Waals surface area contributed by atoms with E-state index in [4.69, 9.17) is 5.11 Å². The lowest BCUT2D eigenvalue weighted by atomic mass is 10.2. The van der Waals surface area contributed by atoms with Gasteiger partial charge in [-0.3, -0.25) is 0 Å². The first-order chi connectivity index (χ1) is 4.18. The van der Waals surface area contributed by atoms with Gasteiger partial charge >= 0.3 is 5.97 Å². The van der Waals surface area contributed by atoms with Gasteiger partial charge in [-0.15, -0.1) is 6.58 Å². The van der Waals surface area contributed by atoms with E-state index in [-0.39, 0.29) is 6.15 Å². The highest BCUT2D eigenvalue weighted by molar-refractivity contribution is 5.85. The lowest BCUT2D eigenvalue weighted by Crippen LogP contribution is -1.94. The smallest absolute Gasteiger partial charge is 0.330 e. The Morgan fingerprint density at radius 3 is 2.50 bits per heavy atom. The molecule has 0 aromatic carbocycles. The number of carboxylic acid groups (broad SMARTS) is 1. The standard InChI is InChI=1S/C7H10O2.H3N/c1-3-4-5-6(2)7(8)9;/h3,5H,1,4H2,2H3,(H,8,9);1H3. The third-order valence-electron chi connectivity index (χ3n) is 0.928. The number of hydrogen-bond acceptors (Lipinski definition) is 2. The van der Waals surface area contributed by atoms with Crippen molar-refractivity contribution in [3.63, 3.8) is 0 Å². The molecule has 3 heteroatoms. The van der Waals surface area contributed by atoms with Crippen molar-refractivity contribution in [1.29, 1.82) is 0 Å². The molecule has 0 heterocycles. The molecule has 0 aliphatic carbocycles. The largest absolute Gasteiger partial charge is 0.478 e. The van der Waals surface area contributed by atoms with E-state index in [0.717, 1.165) is 0 Å². The van der Waals surface area contributed by atoms with Gasteiger partial charge in [0.25, 0.3) is 0 Å². The molecule has 0 aliphatic heterocycles. The molecule has 10 heavy (non-hydrogen) atoms. The summed E-state index contributed by atoms with van der Waals surface area (Å²) in [6, 6.07) is 0. The van der Waals surface area contributed by atoms with E-state index in [0.29, 0.717) is 12.0 Å². The van der Waals surface area contributed by atoms with E-state index in [2.05, 4.69) is 6.58 Å². The molecule has 0 aromatic heterocycles. The second kappa shape index (κ2) is 6.04. The molecule has 4 N–H and O–H groups in total. The zero-order chi connectivity index (χ0) is 7.28. The van der Waals surface area contributed by atoms with Crippen LogP contribution in [-0.4, -0.2) is 11.1 Å². The van der Waals surface area contributed by atoms with Gasteiger partial charge in [0.1, 0.15) is 0 Å². The Morgan fingerprint density at radius 2 is 2.20 bits per heavy atom. The monoisotopic (exact) mass is 143 g/mol. The number of hydrogen-bond donors (Lipinski definition) is 2. The van der Waals surface area contributed by atoms with Crippen molar-refractivity contribution in [2.75, 3.05) is 0 Å². The maximum absolute atomic E-state index is 10.1. The molecule has 0 radical (unpaired) electrons. The molecule has 0 aromatic rings. The van der Waals surface area contributed by atoms with Gasteiger partial charge in [0, 0.05) is 5.57 Å². The van der Waals surface area contributed by atoms with Crippen molar-refractivity contribution >= 4 is 5.97 Å². The Morgan fingerprint density at radius 1 is 1.70 bits per heavy atom. The van der Waals surface area contributed by atoms with E-state index >= 15 is 0 Å². The minimum atomic E-state index is -0.864. The Hall–Kier alpha value is -1.09. The van der Waals surface area contributed by atoms with Crippen LogP contribution >= 0.6 is 0 Å². The summed E-state index contributed by atoms with van der Waals surface area (Å²) in [4.78, 5) is 10.1. The second-order valence-corrected chi connectivity index (χ2v) is 1.72. The van der Waals surface area contributed by atoms with Crippen molar-refractivity contribution in [3.8, 4) is 0 Å². The maximum Gasteiger partial charge on any atom is 0.330 e. The summed E-state index contributed by atoms with van der Waals surface area (Å²) in [5, 5.41) is 8.31. The van der Waals surface area contributed by atoms with Crippen LogP contribution in [0.25, 0.3) is 0 Å². The molecule has 0 aliphatic rings. The number of aliphatic carboxylic acids is 1. The molecule has 0 bridgehead atoms. The fourth-order valence-electron chi connectivity index (χ4n) is 0.347. The molecule has 0 atom stereocenters. The van der Waals surface area contributed by atoms with Crippen LogP contribution in [0, 0.1) is 0 Å². The first-order valence-electron chi connectivity index (χ1n) is 2.69. The predicted octanol–water partition coefficient (Wildman–Crippen LogP) is 1.76. The number of carbonyl (C=O) groups is 1. The highest BCUT2D eigenvalue weighted by Crippen LogP contribution is 1.94. The number of rotatable bonds is 3. The van der Waals surface area contributed by atoms with Crippen LogP contribution in [0.3, 0.4) is 0 Å². The highest BCUT2D eigenvalue weighted by atomic mass is 16.4. The van der Waals surface area contributed by atoms with Crippen molar-refractivity contribution in [2.45, 2.75) is 13.3 Å². The van der Waals surface area contributed by atoms with Gasteiger partial charge in [-0.05, 0) is 13.3 Å². The molecule has 0 rings (SSSR count). The molecular weight excluding hydrogens is 130 g/mol. The van der Waals surface area contributed by atoms with Gasteiger partial charge in [0.15, 0.2) is 0 Å². The van der Waals surface area contributed by atoms with Crippen molar-refractivity contribution in [1.82, 2.24) is 6.15 Å². The molecule has 0 spiro atoms. The van der Waals surface area contributed by atoms with Crippen LogP contribution in [0.4, 0.5) is 0 Å². The topological polar surface area (TPSA) is 72.3 Å². The molecule has 0 saturated carbocycles. The number of allylic oxidation sites excluding steroid dienone is 2.